The highest BCUT2D eigenvalue weighted by Gasteiger charge is 2.30. The van der Waals surface area contributed by atoms with Crippen molar-refractivity contribution in [1.82, 2.24) is 4.98 Å². The summed E-state index contributed by atoms with van der Waals surface area (Å²) in [7, 11) is -1.40. The van der Waals surface area contributed by atoms with E-state index in [1.807, 2.05) is 17.5 Å². The minimum atomic E-state index is -1.40. The summed E-state index contributed by atoms with van der Waals surface area (Å²) in [4.78, 5) is 6.42. The Labute approximate surface area is 246 Å². The van der Waals surface area contributed by atoms with E-state index in [2.05, 4.69) is 129 Å². The van der Waals surface area contributed by atoms with Crippen molar-refractivity contribution in [2.75, 3.05) is 0 Å². The van der Waals surface area contributed by atoms with Gasteiger partial charge in [0.1, 0.15) is 0 Å². The lowest BCUT2D eigenvalue weighted by Crippen LogP contribution is -2.45. The number of hydrogen-bond acceptors (Lipinski definition) is 2. The van der Waals surface area contributed by atoms with Crippen LogP contribution >= 0.6 is 11.3 Å². The summed E-state index contributed by atoms with van der Waals surface area (Å²) in [6, 6.07) is 29.4. The maximum atomic E-state index is 5.03. The van der Waals surface area contributed by atoms with E-state index in [0.717, 1.165) is 5.69 Å². The number of hydrogen-bond donors (Lipinski definition) is 0. The van der Waals surface area contributed by atoms with Crippen LogP contribution in [0.2, 0.25) is 18.1 Å². The maximum absolute atomic E-state index is 5.03. The molecule has 2 aromatic heterocycles. The second kappa shape index (κ2) is 10.6. The fourth-order valence-corrected chi connectivity index (χ4v) is 11.7. The SMILES string of the molecule is CC[Si](CC)(CC)c1ccc(-c2sc3c(-c4cc(C(C)(C)C)c5ccccc5c4)nccc3c2C(C)(C)C)cc1. The van der Waals surface area contributed by atoms with Crippen LogP contribution in [-0.2, 0) is 10.8 Å². The number of rotatable bonds is 6. The topological polar surface area (TPSA) is 12.9 Å². The van der Waals surface area contributed by atoms with Gasteiger partial charge in [0.15, 0.2) is 0 Å². The molecule has 208 valence electrons. The normalized spacial score (nSPS) is 12.9. The van der Waals surface area contributed by atoms with Crippen LogP contribution in [0.4, 0.5) is 0 Å². The Morgan fingerprint density at radius 3 is 1.95 bits per heavy atom. The van der Waals surface area contributed by atoms with Gasteiger partial charge in [0, 0.05) is 22.0 Å². The zero-order valence-electron chi connectivity index (χ0n) is 25.9. The molecule has 0 N–H and O–H groups in total. The monoisotopic (exact) mass is 563 g/mol. The second-order valence-electron chi connectivity index (χ2n) is 13.5. The van der Waals surface area contributed by atoms with Crippen molar-refractivity contribution in [2.45, 2.75) is 91.3 Å². The minimum absolute atomic E-state index is 0.0135. The van der Waals surface area contributed by atoms with E-state index in [-0.39, 0.29) is 10.8 Å². The average Bonchev–Trinajstić information content (AvgIpc) is 3.34. The van der Waals surface area contributed by atoms with Crippen LogP contribution in [0.5, 0.6) is 0 Å². The van der Waals surface area contributed by atoms with Gasteiger partial charge in [-0.3, -0.25) is 4.98 Å². The van der Waals surface area contributed by atoms with E-state index in [0.29, 0.717) is 0 Å². The molecule has 0 fully saturated rings. The van der Waals surface area contributed by atoms with Crippen molar-refractivity contribution in [3.8, 4) is 21.7 Å². The molecule has 0 radical (unpaired) electrons. The Kier molecular flexibility index (Phi) is 7.61. The van der Waals surface area contributed by atoms with Crippen LogP contribution in [0.25, 0.3) is 42.6 Å². The molecular formula is C37H45NSSi. The van der Waals surface area contributed by atoms with E-state index in [4.69, 9.17) is 4.98 Å². The van der Waals surface area contributed by atoms with Gasteiger partial charge in [0.05, 0.1) is 18.5 Å². The van der Waals surface area contributed by atoms with Crippen LogP contribution in [0, 0.1) is 0 Å². The molecule has 0 bridgehead atoms. The van der Waals surface area contributed by atoms with E-state index >= 15 is 0 Å². The van der Waals surface area contributed by atoms with Gasteiger partial charge in [0.25, 0.3) is 0 Å². The van der Waals surface area contributed by atoms with Crippen LogP contribution in [-0.4, -0.2) is 13.1 Å². The van der Waals surface area contributed by atoms with Gasteiger partial charge in [-0.25, -0.2) is 0 Å². The van der Waals surface area contributed by atoms with Crippen molar-refractivity contribution in [1.29, 1.82) is 0 Å². The molecular weight excluding hydrogens is 519 g/mol. The van der Waals surface area contributed by atoms with E-state index in [1.165, 1.54) is 66.1 Å². The Hall–Kier alpha value is -2.75. The number of thiophene rings is 1. The molecule has 3 heteroatoms. The molecule has 40 heavy (non-hydrogen) atoms. The summed E-state index contributed by atoms with van der Waals surface area (Å²) in [6.45, 7) is 21.2. The highest BCUT2D eigenvalue weighted by molar-refractivity contribution is 7.23. The molecule has 0 unspecified atom stereocenters. The van der Waals surface area contributed by atoms with Crippen molar-refractivity contribution < 1.29 is 0 Å². The fraction of sp³-hybridized carbons (Fsp3) is 0.378. The first-order valence-electron chi connectivity index (χ1n) is 15.0. The van der Waals surface area contributed by atoms with E-state index < -0.39 is 8.07 Å². The standard InChI is InChI=1S/C37H45NSSi/c1-10-40(11-2,12-3)28-19-17-25(18-20-28)34-32(37(7,8)9)30-21-22-38-33(35(30)39-34)27-23-26-15-13-14-16-29(26)31(24-27)36(4,5)6/h13-24H,10-12H2,1-9H3. The predicted molar refractivity (Wildman–Crippen MR) is 182 cm³/mol. The quantitative estimate of drug-likeness (QED) is 0.187. The highest BCUT2D eigenvalue weighted by Crippen LogP contribution is 2.47. The second-order valence-corrected chi connectivity index (χ2v) is 19.8. The molecule has 1 nitrogen and oxygen atoms in total. The van der Waals surface area contributed by atoms with Gasteiger partial charge >= 0.3 is 0 Å². The number of nitrogens with zero attached hydrogens (tertiary/aromatic N) is 1. The van der Waals surface area contributed by atoms with Gasteiger partial charge in [-0.05, 0) is 56.5 Å². The smallest absolute Gasteiger partial charge is 0.0880 e. The number of aromatic nitrogens is 1. The number of benzene rings is 3. The maximum Gasteiger partial charge on any atom is 0.0880 e. The molecule has 0 aliphatic rings. The molecule has 0 aliphatic heterocycles. The highest BCUT2D eigenvalue weighted by atomic mass is 32.1. The Morgan fingerprint density at radius 1 is 0.700 bits per heavy atom. The molecule has 5 rings (SSSR count). The van der Waals surface area contributed by atoms with Crippen molar-refractivity contribution >= 4 is 45.5 Å². The lowest BCUT2D eigenvalue weighted by molar-refractivity contribution is 0.596. The van der Waals surface area contributed by atoms with Crippen LogP contribution in [0.3, 0.4) is 0 Å². The van der Waals surface area contributed by atoms with Crippen molar-refractivity contribution in [3.63, 3.8) is 0 Å². The van der Waals surface area contributed by atoms with E-state index in [1.54, 1.807) is 5.19 Å². The van der Waals surface area contributed by atoms with Gasteiger partial charge in [-0.15, -0.1) is 11.3 Å². The van der Waals surface area contributed by atoms with Gasteiger partial charge < -0.3 is 0 Å². The predicted octanol–water partition coefficient (Wildman–Crippen LogP) is 11.1. The third-order valence-electron chi connectivity index (χ3n) is 9.09. The summed E-state index contributed by atoms with van der Waals surface area (Å²) in [5, 5.41) is 5.56. The molecule has 5 aromatic rings. The lowest BCUT2D eigenvalue weighted by Gasteiger charge is -2.29. The fourth-order valence-electron chi connectivity index (χ4n) is 6.58. The largest absolute Gasteiger partial charge is 0.255 e. The lowest BCUT2D eigenvalue weighted by atomic mass is 9.82. The molecule has 0 saturated carbocycles. The third kappa shape index (κ3) is 4.97. The Morgan fingerprint density at radius 2 is 1.35 bits per heavy atom. The zero-order valence-corrected chi connectivity index (χ0v) is 27.7. The summed E-state index contributed by atoms with van der Waals surface area (Å²) in [5.41, 5.74) is 6.50. The molecule has 0 aliphatic carbocycles. The molecule has 2 heterocycles. The third-order valence-corrected chi connectivity index (χ3v) is 16.0. The Balaban J connectivity index is 1.74. The number of fused-ring (bicyclic) bond motifs is 2. The first-order valence-corrected chi connectivity index (χ1v) is 18.4. The van der Waals surface area contributed by atoms with Gasteiger partial charge in [-0.1, -0.05) is 134 Å². The average molecular weight is 564 g/mol. The Bertz CT molecular complexity index is 1650. The molecule has 0 atom stereocenters. The van der Waals surface area contributed by atoms with Crippen molar-refractivity contribution in [2.24, 2.45) is 0 Å². The zero-order chi connectivity index (χ0) is 28.9. The van der Waals surface area contributed by atoms with Crippen LogP contribution in [0.1, 0.15) is 73.4 Å². The summed E-state index contributed by atoms with van der Waals surface area (Å²) < 4.78 is 1.29. The van der Waals surface area contributed by atoms with Gasteiger partial charge in [-0.2, -0.15) is 0 Å². The molecule has 3 aromatic carbocycles. The molecule has 0 amide bonds. The number of pyridine rings is 1. The van der Waals surface area contributed by atoms with Crippen molar-refractivity contribution in [3.05, 3.63) is 84.1 Å². The van der Waals surface area contributed by atoms with Crippen LogP contribution in [0.15, 0.2) is 72.9 Å². The van der Waals surface area contributed by atoms with Gasteiger partial charge in [0.2, 0.25) is 0 Å². The first-order chi connectivity index (χ1) is 18.9. The summed E-state index contributed by atoms with van der Waals surface area (Å²) in [6.07, 6.45) is 2.02. The molecule has 0 spiro atoms. The van der Waals surface area contributed by atoms with E-state index in [9.17, 15) is 0 Å². The summed E-state index contributed by atoms with van der Waals surface area (Å²) in [5.74, 6) is 0. The minimum Gasteiger partial charge on any atom is -0.255 e. The summed E-state index contributed by atoms with van der Waals surface area (Å²) >= 11 is 1.92. The first kappa shape index (κ1) is 28.8. The molecule has 0 saturated heterocycles. The van der Waals surface area contributed by atoms with Crippen LogP contribution < -0.4 is 5.19 Å².